The Hall–Kier alpha value is -0.940. The second-order valence-corrected chi connectivity index (χ2v) is 5.45. The molecule has 5 heteroatoms. The molecule has 110 valence electrons. The third-order valence-corrected chi connectivity index (χ3v) is 2.88. The van der Waals surface area contributed by atoms with E-state index in [2.05, 4.69) is 50.0 Å². The summed E-state index contributed by atoms with van der Waals surface area (Å²) < 4.78 is 7.71. The lowest BCUT2D eigenvalue weighted by molar-refractivity contribution is 0.0606. The van der Waals surface area contributed by atoms with Crippen molar-refractivity contribution in [1.29, 1.82) is 0 Å². The van der Waals surface area contributed by atoms with Crippen molar-refractivity contribution < 1.29 is 4.74 Å². The Morgan fingerprint density at radius 2 is 2.05 bits per heavy atom. The van der Waals surface area contributed by atoms with E-state index in [1.165, 1.54) is 0 Å². The molecular formula is C14H28N4O. The van der Waals surface area contributed by atoms with Crippen LogP contribution in [0.25, 0.3) is 0 Å². The summed E-state index contributed by atoms with van der Waals surface area (Å²) in [5.74, 6) is 1.02. The average Bonchev–Trinajstić information content (AvgIpc) is 2.80. The van der Waals surface area contributed by atoms with Gasteiger partial charge in [0.15, 0.2) is 0 Å². The Balaban J connectivity index is 2.61. The standard InChI is InChI=1S/C14H28N4O/c1-6-7-15-13(9-19-12(4)5)8-14-16-10-17-18(14)11(2)3/h10-13,15H,6-9H2,1-5H3. The summed E-state index contributed by atoms with van der Waals surface area (Å²) in [4.78, 5) is 4.37. The number of aromatic nitrogens is 3. The van der Waals surface area contributed by atoms with E-state index >= 15 is 0 Å². The van der Waals surface area contributed by atoms with Crippen LogP contribution in [0.4, 0.5) is 0 Å². The van der Waals surface area contributed by atoms with Gasteiger partial charge >= 0.3 is 0 Å². The second kappa shape index (κ2) is 8.27. The van der Waals surface area contributed by atoms with Crippen molar-refractivity contribution >= 4 is 0 Å². The van der Waals surface area contributed by atoms with Crippen molar-refractivity contribution in [3.05, 3.63) is 12.2 Å². The van der Waals surface area contributed by atoms with Crippen LogP contribution >= 0.6 is 0 Å². The molecule has 1 rings (SSSR count). The molecule has 0 bridgehead atoms. The Morgan fingerprint density at radius 3 is 2.63 bits per heavy atom. The van der Waals surface area contributed by atoms with E-state index in [0.717, 1.165) is 25.2 Å². The highest BCUT2D eigenvalue weighted by molar-refractivity contribution is 4.91. The molecule has 0 aliphatic carbocycles. The number of hydrogen-bond donors (Lipinski definition) is 1. The van der Waals surface area contributed by atoms with Crippen molar-refractivity contribution in [2.75, 3.05) is 13.2 Å². The van der Waals surface area contributed by atoms with Crippen LogP contribution in [0.2, 0.25) is 0 Å². The fourth-order valence-electron chi connectivity index (χ4n) is 1.92. The van der Waals surface area contributed by atoms with E-state index in [4.69, 9.17) is 4.74 Å². The van der Waals surface area contributed by atoms with Gasteiger partial charge in [0.2, 0.25) is 0 Å². The lowest BCUT2D eigenvalue weighted by atomic mass is 10.2. The van der Waals surface area contributed by atoms with Crippen molar-refractivity contribution in [3.8, 4) is 0 Å². The van der Waals surface area contributed by atoms with E-state index in [-0.39, 0.29) is 6.10 Å². The van der Waals surface area contributed by atoms with Crippen LogP contribution in [0.15, 0.2) is 6.33 Å². The first kappa shape index (κ1) is 16.1. The highest BCUT2D eigenvalue weighted by atomic mass is 16.5. The molecule has 0 radical (unpaired) electrons. The van der Waals surface area contributed by atoms with E-state index < -0.39 is 0 Å². The van der Waals surface area contributed by atoms with Gasteiger partial charge in [0, 0.05) is 18.5 Å². The van der Waals surface area contributed by atoms with Crippen LogP contribution in [-0.2, 0) is 11.2 Å². The number of rotatable bonds is 9. The maximum Gasteiger partial charge on any atom is 0.138 e. The van der Waals surface area contributed by atoms with Crippen molar-refractivity contribution in [2.45, 2.75) is 65.6 Å². The van der Waals surface area contributed by atoms with Gasteiger partial charge in [0.25, 0.3) is 0 Å². The van der Waals surface area contributed by atoms with Crippen LogP contribution in [0.5, 0.6) is 0 Å². The molecule has 1 aromatic rings. The summed E-state index contributed by atoms with van der Waals surface area (Å²) in [7, 11) is 0. The normalized spacial score (nSPS) is 13.4. The summed E-state index contributed by atoms with van der Waals surface area (Å²) in [6.07, 6.45) is 3.86. The maximum absolute atomic E-state index is 5.73. The molecule has 1 atom stereocenters. The summed E-state index contributed by atoms with van der Waals surface area (Å²) in [6.45, 7) is 12.3. The molecule has 5 nitrogen and oxygen atoms in total. The molecule has 0 amide bonds. The number of nitrogens with one attached hydrogen (secondary N) is 1. The summed E-state index contributed by atoms with van der Waals surface area (Å²) in [5, 5.41) is 7.80. The third-order valence-electron chi connectivity index (χ3n) is 2.88. The van der Waals surface area contributed by atoms with Gasteiger partial charge in [-0.25, -0.2) is 9.67 Å². The predicted molar refractivity (Wildman–Crippen MR) is 77.3 cm³/mol. The lowest BCUT2D eigenvalue weighted by Crippen LogP contribution is -2.37. The zero-order chi connectivity index (χ0) is 14.3. The lowest BCUT2D eigenvalue weighted by Gasteiger charge is -2.20. The van der Waals surface area contributed by atoms with Crippen LogP contribution in [0.1, 0.15) is 52.9 Å². The minimum Gasteiger partial charge on any atom is -0.377 e. The molecule has 0 aliphatic rings. The number of hydrogen-bond acceptors (Lipinski definition) is 4. The minimum atomic E-state index is 0.258. The van der Waals surface area contributed by atoms with Gasteiger partial charge in [-0.2, -0.15) is 5.10 Å². The monoisotopic (exact) mass is 268 g/mol. The van der Waals surface area contributed by atoms with Gasteiger partial charge in [-0.3, -0.25) is 0 Å². The van der Waals surface area contributed by atoms with Crippen LogP contribution in [0.3, 0.4) is 0 Å². The predicted octanol–water partition coefficient (Wildman–Crippen LogP) is 2.19. The topological polar surface area (TPSA) is 52.0 Å². The Bertz CT molecular complexity index is 349. The van der Waals surface area contributed by atoms with Crippen molar-refractivity contribution in [2.24, 2.45) is 0 Å². The molecule has 0 saturated carbocycles. The quantitative estimate of drug-likeness (QED) is 0.746. The Labute approximate surface area is 116 Å². The van der Waals surface area contributed by atoms with E-state index in [1.54, 1.807) is 6.33 Å². The van der Waals surface area contributed by atoms with Crippen LogP contribution < -0.4 is 5.32 Å². The zero-order valence-electron chi connectivity index (χ0n) is 12.9. The highest BCUT2D eigenvalue weighted by Gasteiger charge is 2.15. The second-order valence-electron chi connectivity index (χ2n) is 5.45. The molecule has 1 unspecified atom stereocenters. The Kier molecular flexibility index (Phi) is 7.02. The van der Waals surface area contributed by atoms with Crippen molar-refractivity contribution in [3.63, 3.8) is 0 Å². The van der Waals surface area contributed by atoms with Gasteiger partial charge in [0.1, 0.15) is 12.2 Å². The SMILES string of the molecule is CCCNC(COC(C)C)Cc1ncnn1C(C)C. The molecule has 0 fully saturated rings. The fourth-order valence-corrected chi connectivity index (χ4v) is 1.92. The third kappa shape index (κ3) is 5.70. The smallest absolute Gasteiger partial charge is 0.138 e. The first-order chi connectivity index (χ1) is 9.04. The number of nitrogens with zero attached hydrogens (tertiary/aromatic N) is 3. The summed E-state index contributed by atoms with van der Waals surface area (Å²) >= 11 is 0. The highest BCUT2D eigenvalue weighted by Crippen LogP contribution is 2.08. The minimum absolute atomic E-state index is 0.258. The summed E-state index contributed by atoms with van der Waals surface area (Å²) in [6, 6.07) is 0.638. The molecule has 1 heterocycles. The van der Waals surface area contributed by atoms with E-state index in [1.807, 2.05) is 4.68 Å². The first-order valence-electron chi connectivity index (χ1n) is 7.27. The molecule has 19 heavy (non-hydrogen) atoms. The summed E-state index contributed by atoms with van der Waals surface area (Å²) in [5.41, 5.74) is 0. The molecular weight excluding hydrogens is 240 g/mol. The average molecular weight is 268 g/mol. The molecule has 0 aliphatic heterocycles. The van der Waals surface area contributed by atoms with Gasteiger partial charge < -0.3 is 10.1 Å². The van der Waals surface area contributed by atoms with Gasteiger partial charge in [-0.15, -0.1) is 0 Å². The fraction of sp³-hybridized carbons (Fsp3) is 0.857. The van der Waals surface area contributed by atoms with E-state index in [0.29, 0.717) is 18.7 Å². The van der Waals surface area contributed by atoms with Crippen molar-refractivity contribution in [1.82, 2.24) is 20.1 Å². The van der Waals surface area contributed by atoms with E-state index in [9.17, 15) is 0 Å². The molecule has 0 spiro atoms. The van der Waals surface area contributed by atoms with Gasteiger partial charge in [0.05, 0.1) is 12.7 Å². The largest absolute Gasteiger partial charge is 0.377 e. The maximum atomic E-state index is 5.73. The van der Waals surface area contributed by atoms with Gasteiger partial charge in [-0.05, 0) is 40.7 Å². The Morgan fingerprint density at radius 1 is 1.32 bits per heavy atom. The number of ether oxygens (including phenoxy) is 1. The molecule has 0 aromatic carbocycles. The van der Waals surface area contributed by atoms with Gasteiger partial charge in [-0.1, -0.05) is 6.92 Å². The molecule has 1 aromatic heterocycles. The molecule has 0 saturated heterocycles. The van der Waals surface area contributed by atoms with Crippen LogP contribution in [-0.4, -0.2) is 40.1 Å². The zero-order valence-corrected chi connectivity index (χ0v) is 12.9. The first-order valence-corrected chi connectivity index (χ1v) is 7.27. The van der Waals surface area contributed by atoms with Crippen LogP contribution in [0, 0.1) is 0 Å². The molecule has 1 N–H and O–H groups in total.